The molecule has 2 aromatic carbocycles. The van der Waals surface area contributed by atoms with Crippen LogP contribution in [0.1, 0.15) is 58.4 Å². The zero-order valence-electron chi connectivity index (χ0n) is 15.8. The maximum absolute atomic E-state index is 13.6. The Bertz CT molecular complexity index is 859. The molecule has 0 aliphatic heterocycles. The standard InChI is InChI=1S/C23H25FN2O2/c24-21-9-5-4-8-20(21)16-26-23(28)19-12-10-18(11-13-19)22(27)25-15-14-17-6-2-1-3-7-17/h4-6,8-13H,1-3,7,14-16H2,(H,25,27)(H,26,28). The molecule has 0 radical (unpaired) electrons. The van der Waals surface area contributed by atoms with Gasteiger partial charge in [0.1, 0.15) is 5.82 Å². The van der Waals surface area contributed by atoms with Gasteiger partial charge in [-0.3, -0.25) is 9.59 Å². The van der Waals surface area contributed by atoms with Crippen LogP contribution in [-0.4, -0.2) is 18.4 Å². The van der Waals surface area contributed by atoms with Gasteiger partial charge in [0, 0.05) is 29.8 Å². The third-order valence-corrected chi connectivity index (χ3v) is 4.92. The van der Waals surface area contributed by atoms with Crippen LogP contribution >= 0.6 is 0 Å². The Morgan fingerprint density at radius 1 is 0.893 bits per heavy atom. The lowest BCUT2D eigenvalue weighted by molar-refractivity contribution is 0.0940. The molecule has 2 amide bonds. The maximum atomic E-state index is 13.6. The third-order valence-electron chi connectivity index (χ3n) is 4.92. The Hall–Kier alpha value is -2.95. The first-order chi connectivity index (χ1) is 13.6. The summed E-state index contributed by atoms with van der Waals surface area (Å²) in [6.45, 7) is 0.735. The lowest BCUT2D eigenvalue weighted by Crippen LogP contribution is -2.25. The maximum Gasteiger partial charge on any atom is 0.251 e. The van der Waals surface area contributed by atoms with Crippen LogP contribution in [0.4, 0.5) is 4.39 Å². The van der Waals surface area contributed by atoms with Gasteiger partial charge < -0.3 is 10.6 Å². The molecule has 2 N–H and O–H groups in total. The second-order valence-corrected chi connectivity index (χ2v) is 6.97. The van der Waals surface area contributed by atoms with Gasteiger partial charge >= 0.3 is 0 Å². The highest BCUT2D eigenvalue weighted by atomic mass is 19.1. The Kier molecular flexibility index (Phi) is 6.95. The summed E-state index contributed by atoms with van der Waals surface area (Å²) in [5.74, 6) is -0.798. The number of hydrogen-bond acceptors (Lipinski definition) is 2. The quantitative estimate of drug-likeness (QED) is 0.701. The number of rotatable bonds is 7. The number of benzene rings is 2. The first kappa shape index (κ1) is 19.8. The van der Waals surface area contributed by atoms with E-state index in [4.69, 9.17) is 0 Å². The van der Waals surface area contributed by atoms with E-state index in [9.17, 15) is 14.0 Å². The summed E-state index contributed by atoms with van der Waals surface area (Å²) in [4.78, 5) is 24.5. The zero-order valence-corrected chi connectivity index (χ0v) is 15.8. The zero-order chi connectivity index (χ0) is 19.8. The molecular weight excluding hydrogens is 355 g/mol. The number of amides is 2. The Morgan fingerprint density at radius 2 is 1.57 bits per heavy atom. The third kappa shape index (κ3) is 5.52. The summed E-state index contributed by atoms with van der Waals surface area (Å²) in [6, 6.07) is 12.8. The number of carbonyl (C=O) groups excluding carboxylic acids is 2. The van der Waals surface area contributed by atoms with E-state index in [2.05, 4.69) is 16.7 Å². The fourth-order valence-electron chi connectivity index (χ4n) is 3.26. The molecule has 28 heavy (non-hydrogen) atoms. The summed E-state index contributed by atoms with van der Waals surface area (Å²) < 4.78 is 13.6. The number of nitrogens with one attached hydrogen (secondary N) is 2. The van der Waals surface area contributed by atoms with Crippen LogP contribution in [0, 0.1) is 5.82 Å². The molecule has 1 aliphatic carbocycles. The van der Waals surface area contributed by atoms with Crippen molar-refractivity contribution in [3.8, 4) is 0 Å². The predicted octanol–water partition coefficient (Wildman–Crippen LogP) is 4.38. The average Bonchev–Trinajstić information content (AvgIpc) is 2.74. The van der Waals surface area contributed by atoms with Crippen LogP contribution < -0.4 is 10.6 Å². The molecule has 0 spiro atoms. The summed E-state index contributed by atoms with van der Waals surface area (Å²) in [5, 5.41) is 5.62. The van der Waals surface area contributed by atoms with Crippen LogP contribution in [0.5, 0.6) is 0 Å². The van der Waals surface area contributed by atoms with Crippen LogP contribution in [-0.2, 0) is 6.54 Å². The summed E-state index contributed by atoms with van der Waals surface area (Å²) in [7, 11) is 0. The van der Waals surface area contributed by atoms with E-state index < -0.39 is 0 Å². The Balaban J connectivity index is 1.48. The van der Waals surface area contributed by atoms with Crippen molar-refractivity contribution in [2.24, 2.45) is 0 Å². The molecule has 0 unspecified atom stereocenters. The molecule has 3 rings (SSSR count). The molecule has 5 heteroatoms. The van der Waals surface area contributed by atoms with Gasteiger partial charge in [0.05, 0.1) is 0 Å². The first-order valence-corrected chi connectivity index (χ1v) is 9.71. The van der Waals surface area contributed by atoms with Crippen molar-refractivity contribution in [3.63, 3.8) is 0 Å². The molecule has 0 fully saturated rings. The van der Waals surface area contributed by atoms with Crippen molar-refractivity contribution in [1.29, 1.82) is 0 Å². The summed E-state index contributed by atoms with van der Waals surface area (Å²) in [6.07, 6.45) is 7.94. The van der Waals surface area contributed by atoms with E-state index >= 15 is 0 Å². The lowest BCUT2D eigenvalue weighted by Gasteiger charge is -2.13. The van der Waals surface area contributed by atoms with Crippen molar-refractivity contribution >= 4 is 11.8 Å². The smallest absolute Gasteiger partial charge is 0.251 e. The lowest BCUT2D eigenvalue weighted by atomic mass is 9.97. The largest absolute Gasteiger partial charge is 0.352 e. The van der Waals surface area contributed by atoms with E-state index in [0.717, 1.165) is 19.3 Å². The van der Waals surface area contributed by atoms with Crippen molar-refractivity contribution in [2.75, 3.05) is 6.54 Å². The number of hydrogen-bond donors (Lipinski definition) is 2. The van der Waals surface area contributed by atoms with Crippen LogP contribution in [0.15, 0.2) is 60.2 Å². The van der Waals surface area contributed by atoms with Crippen LogP contribution in [0.3, 0.4) is 0 Å². The van der Waals surface area contributed by atoms with E-state index in [1.54, 1.807) is 42.5 Å². The summed E-state index contributed by atoms with van der Waals surface area (Å²) in [5.41, 5.74) is 2.80. The predicted molar refractivity (Wildman–Crippen MR) is 108 cm³/mol. The second-order valence-electron chi connectivity index (χ2n) is 6.97. The van der Waals surface area contributed by atoms with E-state index in [-0.39, 0.29) is 24.2 Å². The van der Waals surface area contributed by atoms with Gasteiger partial charge in [-0.2, -0.15) is 0 Å². The molecule has 0 atom stereocenters. The Labute approximate surface area is 164 Å². The molecule has 0 saturated carbocycles. The number of halogens is 1. The molecule has 4 nitrogen and oxygen atoms in total. The van der Waals surface area contributed by atoms with Gasteiger partial charge in [0.25, 0.3) is 11.8 Å². The summed E-state index contributed by atoms with van der Waals surface area (Å²) >= 11 is 0. The van der Waals surface area contributed by atoms with Gasteiger partial charge in [-0.25, -0.2) is 4.39 Å². The van der Waals surface area contributed by atoms with Crippen molar-refractivity contribution in [3.05, 3.63) is 82.7 Å². The van der Waals surface area contributed by atoms with Gasteiger partial charge in [-0.1, -0.05) is 29.8 Å². The molecule has 0 saturated heterocycles. The number of carbonyl (C=O) groups is 2. The minimum absolute atomic E-state index is 0.115. The van der Waals surface area contributed by atoms with Crippen LogP contribution in [0.2, 0.25) is 0 Å². The van der Waals surface area contributed by atoms with Gasteiger partial charge in [0.15, 0.2) is 0 Å². The second kappa shape index (κ2) is 9.83. The molecule has 0 bridgehead atoms. The van der Waals surface area contributed by atoms with E-state index in [1.807, 2.05) is 0 Å². The van der Waals surface area contributed by atoms with E-state index in [0.29, 0.717) is 23.2 Å². The van der Waals surface area contributed by atoms with Gasteiger partial charge in [-0.15, -0.1) is 0 Å². The average molecular weight is 380 g/mol. The number of allylic oxidation sites excluding steroid dienone is 1. The minimum Gasteiger partial charge on any atom is -0.352 e. The topological polar surface area (TPSA) is 58.2 Å². The first-order valence-electron chi connectivity index (χ1n) is 9.71. The molecule has 146 valence electrons. The normalized spacial score (nSPS) is 13.5. The molecule has 0 heterocycles. The minimum atomic E-state index is -0.348. The van der Waals surface area contributed by atoms with Gasteiger partial charge in [0.2, 0.25) is 0 Å². The fraction of sp³-hybridized carbons (Fsp3) is 0.304. The molecule has 0 aromatic heterocycles. The highest BCUT2D eigenvalue weighted by molar-refractivity contribution is 5.97. The SMILES string of the molecule is O=C(NCCC1=CCCCC1)c1ccc(C(=O)NCc2ccccc2F)cc1. The molecular formula is C23H25FN2O2. The van der Waals surface area contributed by atoms with E-state index in [1.165, 1.54) is 24.5 Å². The van der Waals surface area contributed by atoms with Crippen LogP contribution in [0.25, 0.3) is 0 Å². The fourth-order valence-corrected chi connectivity index (χ4v) is 3.26. The van der Waals surface area contributed by atoms with Gasteiger partial charge in [-0.05, 0) is 62.4 Å². The Morgan fingerprint density at radius 3 is 2.21 bits per heavy atom. The molecule has 2 aromatic rings. The molecule has 1 aliphatic rings. The van der Waals surface area contributed by atoms with Crippen molar-refractivity contribution in [2.45, 2.75) is 38.6 Å². The monoisotopic (exact) mass is 380 g/mol. The highest BCUT2D eigenvalue weighted by Gasteiger charge is 2.10. The highest BCUT2D eigenvalue weighted by Crippen LogP contribution is 2.19. The van der Waals surface area contributed by atoms with Crippen molar-refractivity contribution in [1.82, 2.24) is 10.6 Å². The van der Waals surface area contributed by atoms with Crippen molar-refractivity contribution < 1.29 is 14.0 Å².